The van der Waals surface area contributed by atoms with Gasteiger partial charge in [-0.15, -0.1) is 0 Å². The molecular formula is C23H22Br2N2O3. The summed E-state index contributed by atoms with van der Waals surface area (Å²) in [6.07, 6.45) is -0.170. The third-order valence-corrected chi connectivity index (χ3v) is 7.17. The van der Waals surface area contributed by atoms with Crippen LogP contribution < -0.4 is 19.3 Å². The number of nitrogens with zero attached hydrogens (tertiary/aromatic N) is 2. The lowest BCUT2D eigenvalue weighted by atomic mass is 10.1. The first kappa shape index (κ1) is 20.9. The molecule has 1 saturated heterocycles. The lowest BCUT2D eigenvalue weighted by Crippen LogP contribution is -2.31. The molecule has 1 heterocycles. The van der Waals surface area contributed by atoms with Crippen LogP contribution in [0.3, 0.4) is 0 Å². The molecular weight excluding hydrogens is 512 g/mol. The number of phenols is 1. The van der Waals surface area contributed by atoms with Gasteiger partial charge in [-0.2, -0.15) is 0 Å². The molecule has 0 aliphatic carbocycles. The normalized spacial score (nSPS) is 14.3. The Labute approximate surface area is 193 Å². The smallest absolute Gasteiger partial charge is 0.132 e. The van der Waals surface area contributed by atoms with Gasteiger partial charge in [0.05, 0.1) is 14.2 Å². The van der Waals surface area contributed by atoms with Crippen LogP contribution in [0.15, 0.2) is 69.6 Å². The van der Waals surface area contributed by atoms with Crippen molar-refractivity contribution in [3.05, 3.63) is 75.2 Å². The summed E-state index contributed by atoms with van der Waals surface area (Å²) < 4.78 is 12.3. The van der Waals surface area contributed by atoms with E-state index in [9.17, 15) is 5.11 Å². The summed E-state index contributed by atoms with van der Waals surface area (Å²) in [5, 5.41) is 10.8. The van der Waals surface area contributed by atoms with Crippen molar-refractivity contribution in [2.75, 3.05) is 37.1 Å². The Morgan fingerprint density at radius 3 is 1.63 bits per heavy atom. The van der Waals surface area contributed by atoms with E-state index < -0.39 is 0 Å². The molecule has 0 amide bonds. The zero-order chi connectivity index (χ0) is 21.3. The SMILES string of the molecule is COc1ccc(N2CCN(c3ccc(OC)cc3)C2c2cc(Br)c(Br)cc2O)cc1. The topological polar surface area (TPSA) is 45.2 Å². The van der Waals surface area contributed by atoms with Crippen molar-refractivity contribution in [3.63, 3.8) is 0 Å². The molecule has 0 saturated carbocycles. The van der Waals surface area contributed by atoms with Crippen molar-refractivity contribution >= 4 is 43.2 Å². The number of hydrogen-bond acceptors (Lipinski definition) is 5. The number of methoxy groups -OCH3 is 2. The van der Waals surface area contributed by atoms with E-state index in [0.717, 1.165) is 50.5 Å². The minimum absolute atomic E-state index is 0.170. The van der Waals surface area contributed by atoms with Gasteiger partial charge in [0.2, 0.25) is 0 Å². The average molecular weight is 534 g/mol. The summed E-state index contributed by atoms with van der Waals surface area (Å²) in [5.41, 5.74) is 2.96. The van der Waals surface area contributed by atoms with E-state index in [1.807, 2.05) is 54.6 Å². The van der Waals surface area contributed by atoms with E-state index in [1.54, 1.807) is 20.3 Å². The Morgan fingerprint density at radius 2 is 1.20 bits per heavy atom. The van der Waals surface area contributed by atoms with Gasteiger partial charge in [0, 0.05) is 39.0 Å². The highest BCUT2D eigenvalue weighted by Gasteiger charge is 2.35. The third-order valence-electron chi connectivity index (χ3n) is 5.33. The van der Waals surface area contributed by atoms with Gasteiger partial charge in [-0.3, -0.25) is 0 Å². The lowest BCUT2D eigenvalue weighted by molar-refractivity contribution is 0.414. The molecule has 0 atom stereocenters. The van der Waals surface area contributed by atoms with Crippen LogP contribution in [0.4, 0.5) is 11.4 Å². The highest BCUT2D eigenvalue weighted by Crippen LogP contribution is 2.43. The van der Waals surface area contributed by atoms with E-state index in [0.29, 0.717) is 0 Å². The zero-order valence-electron chi connectivity index (χ0n) is 16.7. The van der Waals surface area contributed by atoms with Crippen molar-refractivity contribution in [1.82, 2.24) is 0 Å². The number of ether oxygens (including phenoxy) is 2. The minimum atomic E-state index is -0.170. The molecule has 3 aromatic carbocycles. The molecule has 1 fully saturated rings. The summed E-state index contributed by atoms with van der Waals surface area (Å²) in [6, 6.07) is 19.7. The van der Waals surface area contributed by atoms with Crippen LogP contribution in [0.5, 0.6) is 17.2 Å². The highest BCUT2D eigenvalue weighted by molar-refractivity contribution is 9.13. The van der Waals surface area contributed by atoms with Gasteiger partial charge in [0.15, 0.2) is 0 Å². The van der Waals surface area contributed by atoms with E-state index in [1.165, 1.54) is 0 Å². The number of aromatic hydroxyl groups is 1. The largest absolute Gasteiger partial charge is 0.507 e. The number of halogens is 2. The Balaban J connectivity index is 1.79. The van der Waals surface area contributed by atoms with E-state index in [-0.39, 0.29) is 11.9 Å². The number of rotatable bonds is 5. The van der Waals surface area contributed by atoms with Crippen LogP contribution in [0.1, 0.15) is 11.7 Å². The number of hydrogen-bond donors (Lipinski definition) is 1. The van der Waals surface area contributed by atoms with Gasteiger partial charge in [0.25, 0.3) is 0 Å². The third kappa shape index (κ3) is 3.96. The van der Waals surface area contributed by atoms with Crippen LogP contribution >= 0.6 is 31.9 Å². The molecule has 30 heavy (non-hydrogen) atoms. The Morgan fingerprint density at radius 1 is 0.767 bits per heavy atom. The summed E-state index contributed by atoms with van der Waals surface area (Å²) >= 11 is 7.07. The maximum absolute atomic E-state index is 10.8. The van der Waals surface area contributed by atoms with Crippen LogP contribution in [0, 0.1) is 0 Å². The van der Waals surface area contributed by atoms with Crippen LogP contribution in [-0.4, -0.2) is 32.4 Å². The molecule has 1 aliphatic rings. The molecule has 3 aromatic rings. The van der Waals surface area contributed by atoms with E-state index >= 15 is 0 Å². The average Bonchev–Trinajstić information content (AvgIpc) is 3.21. The molecule has 0 radical (unpaired) electrons. The number of benzene rings is 3. The van der Waals surface area contributed by atoms with Gasteiger partial charge in [-0.05, 0) is 92.5 Å². The Kier molecular flexibility index (Phi) is 6.11. The molecule has 7 heteroatoms. The molecule has 5 nitrogen and oxygen atoms in total. The van der Waals surface area contributed by atoms with Crippen molar-refractivity contribution in [2.24, 2.45) is 0 Å². The molecule has 0 unspecified atom stereocenters. The Bertz CT molecular complexity index is 970. The summed E-state index contributed by atoms with van der Waals surface area (Å²) in [7, 11) is 3.33. The zero-order valence-corrected chi connectivity index (χ0v) is 19.9. The highest BCUT2D eigenvalue weighted by atomic mass is 79.9. The van der Waals surface area contributed by atoms with Gasteiger partial charge < -0.3 is 24.4 Å². The lowest BCUT2D eigenvalue weighted by Gasteiger charge is -2.34. The molecule has 156 valence electrons. The maximum atomic E-state index is 10.8. The quantitative estimate of drug-likeness (QED) is 0.438. The predicted octanol–water partition coefficient (Wildman–Crippen LogP) is 5.96. The van der Waals surface area contributed by atoms with Crippen LogP contribution in [-0.2, 0) is 0 Å². The maximum Gasteiger partial charge on any atom is 0.132 e. The van der Waals surface area contributed by atoms with Crippen molar-refractivity contribution in [1.29, 1.82) is 0 Å². The van der Waals surface area contributed by atoms with Gasteiger partial charge in [-0.1, -0.05) is 0 Å². The van der Waals surface area contributed by atoms with E-state index in [2.05, 4.69) is 41.7 Å². The van der Waals surface area contributed by atoms with E-state index in [4.69, 9.17) is 9.47 Å². The molecule has 4 rings (SSSR count). The molecule has 0 spiro atoms. The molecule has 0 aromatic heterocycles. The second-order valence-corrected chi connectivity index (χ2v) is 8.69. The molecule has 0 bridgehead atoms. The monoisotopic (exact) mass is 532 g/mol. The predicted molar refractivity (Wildman–Crippen MR) is 127 cm³/mol. The standard InChI is InChI=1S/C23H22Br2N2O3/c1-29-17-7-3-15(4-8-17)26-11-12-27(16-5-9-18(30-2)10-6-16)23(26)19-13-20(24)21(25)14-22(19)28/h3-10,13-14,23,28H,11-12H2,1-2H3. The summed E-state index contributed by atoms with van der Waals surface area (Å²) in [5.74, 6) is 1.88. The van der Waals surface area contributed by atoms with Crippen molar-refractivity contribution < 1.29 is 14.6 Å². The number of phenolic OH excluding ortho intramolecular Hbond substituents is 1. The fourth-order valence-electron chi connectivity index (χ4n) is 3.81. The second-order valence-electron chi connectivity index (χ2n) is 6.98. The van der Waals surface area contributed by atoms with Crippen molar-refractivity contribution in [3.8, 4) is 17.2 Å². The van der Waals surface area contributed by atoms with Gasteiger partial charge >= 0.3 is 0 Å². The van der Waals surface area contributed by atoms with Crippen LogP contribution in [0.25, 0.3) is 0 Å². The van der Waals surface area contributed by atoms with Crippen molar-refractivity contribution in [2.45, 2.75) is 6.17 Å². The van der Waals surface area contributed by atoms with Gasteiger partial charge in [-0.25, -0.2) is 0 Å². The first-order valence-electron chi connectivity index (χ1n) is 9.51. The Hall–Kier alpha value is -2.38. The molecule has 1 aliphatic heterocycles. The fraction of sp³-hybridized carbons (Fsp3) is 0.217. The number of anilines is 2. The summed E-state index contributed by atoms with van der Waals surface area (Å²) in [6.45, 7) is 1.63. The van der Waals surface area contributed by atoms with Crippen LogP contribution in [0.2, 0.25) is 0 Å². The second kappa shape index (κ2) is 8.78. The summed E-state index contributed by atoms with van der Waals surface area (Å²) in [4.78, 5) is 4.58. The molecule has 1 N–H and O–H groups in total. The minimum Gasteiger partial charge on any atom is -0.507 e. The first-order chi connectivity index (χ1) is 14.5. The fourth-order valence-corrected chi connectivity index (χ4v) is 4.50. The van der Waals surface area contributed by atoms with Gasteiger partial charge in [0.1, 0.15) is 23.4 Å². The first-order valence-corrected chi connectivity index (χ1v) is 11.1.